The smallest absolute Gasteiger partial charge is 0.288 e. The number of anilines is 1. The van der Waals surface area contributed by atoms with Gasteiger partial charge in [0.15, 0.2) is 0 Å². The maximum atomic E-state index is 12.1. The quantitative estimate of drug-likeness (QED) is 0.649. The minimum atomic E-state index is -0.568. The van der Waals surface area contributed by atoms with Gasteiger partial charge in [0.25, 0.3) is 5.69 Å². The summed E-state index contributed by atoms with van der Waals surface area (Å²) in [5, 5.41) is 13.4. The van der Waals surface area contributed by atoms with E-state index in [1.807, 2.05) is 0 Å². The van der Waals surface area contributed by atoms with E-state index in [0.29, 0.717) is 17.9 Å². The number of benzene rings is 1. The van der Waals surface area contributed by atoms with Crippen LogP contribution in [0.2, 0.25) is 5.02 Å². The van der Waals surface area contributed by atoms with Crippen molar-refractivity contribution in [3.63, 3.8) is 0 Å². The van der Waals surface area contributed by atoms with Crippen molar-refractivity contribution in [2.45, 2.75) is 13.0 Å². The largest absolute Gasteiger partial charge is 0.379 e. The number of ether oxygens (including phenoxy) is 1. The van der Waals surface area contributed by atoms with Crippen LogP contribution in [0.1, 0.15) is 5.56 Å². The minimum Gasteiger partial charge on any atom is -0.379 e. The number of nitro benzene ring substituents is 1. The number of nitrogens with two attached hydrogens (primary N) is 1. The van der Waals surface area contributed by atoms with Crippen LogP contribution in [-0.4, -0.2) is 30.1 Å². The monoisotopic (exact) mass is 299 g/mol. The first kappa shape index (κ1) is 14.7. The molecule has 0 saturated carbocycles. The topological polar surface area (TPSA) is 107 Å². The van der Waals surface area contributed by atoms with Crippen molar-refractivity contribution in [2.24, 2.45) is 11.7 Å². The van der Waals surface area contributed by atoms with Crippen LogP contribution in [0.15, 0.2) is 12.1 Å². The molecule has 0 aromatic heterocycles. The summed E-state index contributed by atoms with van der Waals surface area (Å²) >= 11 is 5.83. The van der Waals surface area contributed by atoms with Crippen molar-refractivity contribution in [3.8, 4) is 0 Å². The van der Waals surface area contributed by atoms with Crippen molar-refractivity contribution in [3.05, 3.63) is 32.8 Å². The fraction of sp³-hybridized carbons (Fsp3) is 0.417. The molecule has 108 valence electrons. The second kappa shape index (κ2) is 5.74. The molecule has 1 aromatic rings. The molecule has 1 aliphatic rings. The first-order valence-corrected chi connectivity index (χ1v) is 6.36. The van der Waals surface area contributed by atoms with Crippen LogP contribution in [0.4, 0.5) is 11.4 Å². The highest BCUT2D eigenvalue weighted by Crippen LogP contribution is 2.31. The van der Waals surface area contributed by atoms with Crippen molar-refractivity contribution < 1.29 is 14.5 Å². The Morgan fingerprint density at radius 3 is 2.80 bits per heavy atom. The second-order valence-electron chi connectivity index (χ2n) is 4.67. The lowest BCUT2D eigenvalue weighted by molar-refractivity contribution is -0.384. The summed E-state index contributed by atoms with van der Waals surface area (Å²) in [4.78, 5) is 22.3. The van der Waals surface area contributed by atoms with Gasteiger partial charge in [-0.2, -0.15) is 0 Å². The fourth-order valence-electron chi connectivity index (χ4n) is 2.01. The third kappa shape index (κ3) is 2.90. The van der Waals surface area contributed by atoms with Gasteiger partial charge in [0, 0.05) is 17.8 Å². The molecule has 2 rings (SSSR count). The third-order valence-corrected chi connectivity index (χ3v) is 3.51. The first-order valence-electron chi connectivity index (χ1n) is 5.99. The molecule has 8 heteroatoms. The number of rotatable bonds is 3. The first-order chi connectivity index (χ1) is 9.40. The lowest BCUT2D eigenvalue weighted by Crippen LogP contribution is -2.37. The zero-order valence-electron chi connectivity index (χ0n) is 10.8. The predicted octanol–water partition coefficient (Wildman–Crippen LogP) is 1.47. The second-order valence-corrected chi connectivity index (χ2v) is 5.08. The Kier molecular flexibility index (Phi) is 4.22. The van der Waals surface area contributed by atoms with Crippen LogP contribution in [0, 0.1) is 23.0 Å². The molecule has 0 radical (unpaired) electrons. The molecule has 1 heterocycles. The number of carbonyl (C=O) groups is 1. The van der Waals surface area contributed by atoms with E-state index in [2.05, 4.69) is 5.32 Å². The maximum Gasteiger partial charge on any atom is 0.288 e. The summed E-state index contributed by atoms with van der Waals surface area (Å²) in [5.74, 6) is -0.702. The van der Waals surface area contributed by atoms with Crippen molar-refractivity contribution in [1.82, 2.24) is 0 Å². The highest BCUT2D eigenvalue weighted by molar-refractivity contribution is 6.33. The van der Waals surface area contributed by atoms with Gasteiger partial charge in [-0.25, -0.2) is 0 Å². The molecule has 7 nitrogen and oxygen atoms in total. The highest BCUT2D eigenvalue weighted by Gasteiger charge is 2.31. The highest BCUT2D eigenvalue weighted by atomic mass is 35.5. The van der Waals surface area contributed by atoms with Gasteiger partial charge in [-0.15, -0.1) is 0 Å². The number of amides is 1. The number of nitrogens with zero attached hydrogens (tertiary/aromatic N) is 1. The van der Waals surface area contributed by atoms with Gasteiger partial charge in [0.2, 0.25) is 5.91 Å². The van der Waals surface area contributed by atoms with Crippen LogP contribution in [0.3, 0.4) is 0 Å². The molecule has 3 N–H and O–H groups in total. The van der Waals surface area contributed by atoms with Gasteiger partial charge in [-0.3, -0.25) is 14.9 Å². The SMILES string of the molecule is Cc1cc([N+](=O)[O-])c(Cl)cc1NC(=O)C1COCC1N. The molecule has 1 fully saturated rings. The molecule has 1 aromatic carbocycles. The van der Waals surface area contributed by atoms with Crippen molar-refractivity contribution in [1.29, 1.82) is 0 Å². The van der Waals surface area contributed by atoms with E-state index in [-0.39, 0.29) is 29.3 Å². The summed E-state index contributed by atoms with van der Waals surface area (Å²) in [6, 6.07) is 2.35. The summed E-state index contributed by atoms with van der Waals surface area (Å²) in [7, 11) is 0. The van der Waals surface area contributed by atoms with Crippen LogP contribution >= 0.6 is 11.6 Å². The summed E-state index contributed by atoms with van der Waals surface area (Å²) in [6.45, 7) is 2.27. The van der Waals surface area contributed by atoms with E-state index in [9.17, 15) is 14.9 Å². The normalized spacial score (nSPS) is 21.8. The molecular weight excluding hydrogens is 286 g/mol. The van der Waals surface area contributed by atoms with Gasteiger partial charge in [0.05, 0.1) is 24.1 Å². The summed E-state index contributed by atoms with van der Waals surface area (Å²) in [5.41, 5.74) is 6.56. The van der Waals surface area contributed by atoms with Crippen LogP contribution in [-0.2, 0) is 9.53 Å². The molecule has 1 amide bonds. The Labute approximate surface area is 120 Å². The number of halogens is 1. The van der Waals surface area contributed by atoms with E-state index < -0.39 is 10.8 Å². The molecule has 1 aliphatic heterocycles. The Morgan fingerprint density at radius 2 is 2.25 bits per heavy atom. The molecular formula is C12H14ClN3O4. The average molecular weight is 300 g/mol. The summed E-state index contributed by atoms with van der Waals surface area (Å²) in [6.07, 6.45) is 0. The molecule has 0 bridgehead atoms. The third-order valence-electron chi connectivity index (χ3n) is 3.21. The predicted molar refractivity (Wildman–Crippen MR) is 73.8 cm³/mol. The lowest BCUT2D eigenvalue weighted by atomic mass is 10.0. The maximum absolute atomic E-state index is 12.1. The fourth-order valence-corrected chi connectivity index (χ4v) is 2.24. The van der Waals surface area contributed by atoms with Crippen LogP contribution in [0.25, 0.3) is 0 Å². The van der Waals surface area contributed by atoms with E-state index in [4.69, 9.17) is 22.1 Å². The molecule has 2 atom stereocenters. The minimum absolute atomic E-state index is 0.0251. The van der Waals surface area contributed by atoms with Crippen molar-refractivity contribution >= 4 is 28.9 Å². The Morgan fingerprint density at radius 1 is 1.55 bits per heavy atom. The molecule has 0 aliphatic carbocycles. The Balaban J connectivity index is 2.19. The lowest BCUT2D eigenvalue weighted by Gasteiger charge is -2.15. The van der Waals surface area contributed by atoms with Gasteiger partial charge in [-0.05, 0) is 18.6 Å². The van der Waals surface area contributed by atoms with Crippen LogP contribution < -0.4 is 11.1 Å². The van der Waals surface area contributed by atoms with Gasteiger partial charge >= 0.3 is 0 Å². The van der Waals surface area contributed by atoms with E-state index in [1.54, 1.807) is 6.92 Å². The zero-order chi connectivity index (χ0) is 14.9. The molecule has 1 saturated heterocycles. The molecule has 2 unspecified atom stereocenters. The van der Waals surface area contributed by atoms with E-state index >= 15 is 0 Å². The van der Waals surface area contributed by atoms with Crippen LogP contribution in [0.5, 0.6) is 0 Å². The Bertz CT molecular complexity index is 564. The molecule has 20 heavy (non-hydrogen) atoms. The number of carbonyl (C=O) groups excluding carboxylic acids is 1. The number of aryl methyl sites for hydroxylation is 1. The van der Waals surface area contributed by atoms with Gasteiger partial charge in [0.1, 0.15) is 5.02 Å². The number of hydrogen-bond donors (Lipinski definition) is 2. The number of nitro groups is 1. The van der Waals surface area contributed by atoms with E-state index in [0.717, 1.165) is 0 Å². The zero-order valence-corrected chi connectivity index (χ0v) is 11.5. The van der Waals surface area contributed by atoms with E-state index in [1.165, 1.54) is 12.1 Å². The van der Waals surface area contributed by atoms with Crippen molar-refractivity contribution in [2.75, 3.05) is 18.5 Å². The average Bonchev–Trinajstić information content (AvgIpc) is 2.79. The van der Waals surface area contributed by atoms with Gasteiger partial charge < -0.3 is 15.8 Å². The Hall–Kier alpha value is -1.70. The summed E-state index contributed by atoms with van der Waals surface area (Å²) < 4.78 is 5.13. The standard InChI is InChI=1S/C12H14ClN3O4/c1-6-2-11(16(18)19)8(13)3-10(6)15-12(17)7-4-20-5-9(7)14/h2-3,7,9H,4-5,14H2,1H3,(H,15,17). The number of hydrogen-bond acceptors (Lipinski definition) is 5. The van der Waals surface area contributed by atoms with Gasteiger partial charge in [-0.1, -0.05) is 11.6 Å². The number of nitrogens with one attached hydrogen (secondary N) is 1. The molecule has 0 spiro atoms.